The molecule has 0 saturated heterocycles. The molecule has 494 valence electrons. The Balaban J connectivity index is 1.40. The van der Waals surface area contributed by atoms with Crippen LogP contribution in [0.4, 0.5) is 22.7 Å². The number of hydrogen-bond acceptors (Lipinski definition) is 18. The SMILES string of the molecule is CCCCCCCCCCCCOc1ccc(C=Nc2cc(N=Cc3ccc(OCCOCCOCCOC)cc3O)c(N=Cc3ccc(OCCOCCOCCOC)cc3O)cc2N=Cc2ccc(OCCCCCCCCCCCC)cc2O)c(O)c1. The molecule has 0 unspecified atom stereocenters. The Bertz CT molecular complexity index is 2670. The van der Waals surface area contributed by atoms with Crippen molar-refractivity contribution in [1.82, 2.24) is 0 Å². The number of phenolic OH excluding ortho intramolecular Hbond substituents is 4. The van der Waals surface area contributed by atoms with Crippen molar-refractivity contribution in [3.8, 4) is 46.0 Å². The molecular formula is C72H102N4O14. The van der Waals surface area contributed by atoms with Crippen LogP contribution in [0, 0.1) is 0 Å². The van der Waals surface area contributed by atoms with Gasteiger partial charge in [0.2, 0.25) is 0 Å². The molecule has 4 N–H and O–H groups in total. The Morgan fingerprint density at radius 2 is 0.511 bits per heavy atom. The predicted molar refractivity (Wildman–Crippen MR) is 361 cm³/mol. The molecule has 5 aromatic carbocycles. The summed E-state index contributed by atoms with van der Waals surface area (Å²) in [6.07, 6.45) is 30.6. The summed E-state index contributed by atoms with van der Waals surface area (Å²) in [6, 6.07) is 23.4. The average molecular weight is 1250 g/mol. The molecule has 18 nitrogen and oxygen atoms in total. The lowest BCUT2D eigenvalue weighted by molar-refractivity contribution is 0.0179. The van der Waals surface area contributed by atoms with Gasteiger partial charge in [0.1, 0.15) is 59.2 Å². The number of nitrogens with zero attached hydrogens (tertiary/aromatic N) is 4. The van der Waals surface area contributed by atoms with Crippen molar-refractivity contribution in [3.63, 3.8) is 0 Å². The van der Waals surface area contributed by atoms with E-state index in [4.69, 9.17) is 67.3 Å². The highest BCUT2D eigenvalue weighted by atomic mass is 16.6. The first-order chi connectivity index (χ1) is 44.2. The topological polar surface area (TPSA) is 223 Å². The monoisotopic (exact) mass is 1250 g/mol. The zero-order valence-electron chi connectivity index (χ0n) is 54.1. The minimum Gasteiger partial charge on any atom is -0.507 e. The van der Waals surface area contributed by atoms with E-state index in [1.165, 1.54) is 140 Å². The van der Waals surface area contributed by atoms with Gasteiger partial charge in [-0.05, 0) is 73.5 Å². The van der Waals surface area contributed by atoms with Gasteiger partial charge >= 0.3 is 0 Å². The van der Waals surface area contributed by atoms with Crippen molar-refractivity contribution in [2.45, 2.75) is 142 Å². The number of aromatic hydroxyl groups is 4. The fraction of sp³-hybridized carbons (Fsp3) is 0.528. The van der Waals surface area contributed by atoms with E-state index < -0.39 is 0 Å². The summed E-state index contributed by atoms with van der Waals surface area (Å²) in [5.41, 5.74) is 2.92. The molecule has 0 atom stereocenters. The van der Waals surface area contributed by atoms with Gasteiger partial charge in [-0.2, -0.15) is 0 Å². The van der Waals surface area contributed by atoms with Gasteiger partial charge in [0, 0.05) is 85.6 Å². The molecule has 0 saturated carbocycles. The zero-order valence-corrected chi connectivity index (χ0v) is 54.1. The van der Waals surface area contributed by atoms with Crippen LogP contribution in [0.2, 0.25) is 0 Å². The van der Waals surface area contributed by atoms with Crippen LogP contribution in [-0.2, 0) is 28.4 Å². The third kappa shape index (κ3) is 31.1. The van der Waals surface area contributed by atoms with Crippen molar-refractivity contribution < 1.29 is 67.8 Å². The van der Waals surface area contributed by atoms with Gasteiger partial charge in [0.05, 0.1) is 102 Å². The summed E-state index contributed by atoms with van der Waals surface area (Å²) < 4.78 is 55.9. The first kappa shape index (κ1) is 73.7. The van der Waals surface area contributed by atoms with Gasteiger partial charge in [0.25, 0.3) is 0 Å². The molecule has 90 heavy (non-hydrogen) atoms. The standard InChI is InChI=1S/C72H102N4O14/c1-5-7-9-11-13-15-17-19-21-23-33-87-61-29-25-57(69(77)47-61)53-73-65-51-67(75-55-59-27-31-63(49-71(59)79)89-45-43-85-41-39-83-37-35-81-3)68(76-56-60-28-32-64(50-72(60)80)90-46-44-86-42-40-84-38-36-82-4)52-66(65)74-54-58-26-30-62(48-70(58)78)88-34-24-22-20-18-16-14-12-10-8-6-2/h25-32,47-56,77-80H,5-24,33-46H2,1-4H3. The summed E-state index contributed by atoms with van der Waals surface area (Å²) in [5, 5.41) is 45.0. The molecule has 5 aromatic rings. The smallest absolute Gasteiger partial charge is 0.128 e. The number of hydrogen-bond donors (Lipinski definition) is 4. The number of ether oxygens (including phenoxy) is 10. The first-order valence-corrected chi connectivity index (χ1v) is 32.7. The fourth-order valence-corrected chi connectivity index (χ4v) is 9.34. The minimum absolute atomic E-state index is 0.0212. The van der Waals surface area contributed by atoms with Crippen LogP contribution in [0.15, 0.2) is 105 Å². The quantitative estimate of drug-likeness (QED) is 0.0210. The van der Waals surface area contributed by atoms with Gasteiger partial charge in [-0.15, -0.1) is 0 Å². The Morgan fingerprint density at radius 3 is 0.767 bits per heavy atom. The molecule has 18 heteroatoms. The number of unbranched alkanes of at least 4 members (excludes halogenated alkanes) is 18. The molecule has 0 aromatic heterocycles. The molecule has 0 aliphatic carbocycles. The van der Waals surface area contributed by atoms with Crippen molar-refractivity contribution in [2.24, 2.45) is 20.0 Å². The van der Waals surface area contributed by atoms with Crippen molar-refractivity contribution in [3.05, 3.63) is 107 Å². The number of rotatable bonds is 52. The maximum atomic E-state index is 11.3. The molecule has 0 spiro atoms. The summed E-state index contributed by atoms with van der Waals surface area (Å²) in [7, 11) is 3.24. The van der Waals surface area contributed by atoms with Crippen LogP contribution in [-0.4, -0.2) is 152 Å². The third-order valence-corrected chi connectivity index (χ3v) is 14.6. The molecule has 0 bridgehead atoms. The normalized spacial score (nSPS) is 11.8. The second-order valence-corrected chi connectivity index (χ2v) is 21.9. The molecular weight excluding hydrogens is 1140 g/mol. The highest BCUT2D eigenvalue weighted by molar-refractivity contribution is 5.95. The Morgan fingerprint density at radius 1 is 0.278 bits per heavy atom. The molecule has 0 aliphatic heterocycles. The largest absolute Gasteiger partial charge is 0.507 e. The molecule has 0 heterocycles. The van der Waals surface area contributed by atoms with E-state index in [1.54, 1.807) is 74.9 Å². The van der Waals surface area contributed by atoms with Crippen LogP contribution < -0.4 is 18.9 Å². The van der Waals surface area contributed by atoms with Gasteiger partial charge < -0.3 is 67.8 Å². The lowest BCUT2D eigenvalue weighted by atomic mass is 10.1. The Hall–Kier alpha value is -7.06. The van der Waals surface area contributed by atoms with E-state index in [2.05, 4.69) is 13.8 Å². The maximum absolute atomic E-state index is 11.3. The second-order valence-electron chi connectivity index (χ2n) is 21.9. The van der Waals surface area contributed by atoms with Crippen LogP contribution >= 0.6 is 0 Å². The van der Waals surface area contributed by atoms with Gasteiger partial charge in [-0.1, -0.05) is 129 Å². The van der Waals surface area contributed by atoms with E-state index >= 15 is 0 Å². The van der Waals surface area contributed by atoms with Gasteiger partial charge in [-0.3, -0.25) is 20.0 Å². The molecule has 0 amide bonds. The lowest BCUT2D eigenvalue weighted by Crippen LogP contribution is -2.12. The predicted octanol–water partition coefficient (Wildman–Crippen LogP) is 16.2. The van der Waals surface area contributed by atoms with Crippen LogP contribution in [0.3, 0.4) is 0 Å². The van der Waals surface area contributed by atoms with Crippen LogP contribution in [0.25, 0.3) is 0 Å². The van der Waals surface area contributed by atoms with Gasteiger partial charge in [0.15, 0.2) is 0 Å². The summed E-state index contributed by atoms with van der Waals surface area (Å²) >= 11 is 0. The molecule has 5 rings (SSSR count). The summed E-state index contributed by atoms with van der Waals surface area (Å²) in [6.45, 7) is 10.4. The fourth-order valence-electron chi connectivity index (χ4n) is 9.34. The zero-order chi connectivity index (χ0) is 63.9. The van der Waals surface area contributed by atoms with Crippen molar-refractivity contribution in [1.29, 1.82) is 0 Å². The van der Waals surface area contributed by atoms with Crippen molar-refractivity contribution in [2.75, 3.05) is 107 Å². The lowest BCUT2D eigenvalue weighted by Gasteiger charge is -2.10. The van der Waals surface area contributed by atoms with E-state index in [0.29, 0.717) is 147 Å². The molecule has 0 radical (unpaired) electrons. The number of methoxy groups -OCH3 is 2. The second kappa shape index (κ2) is 46.9. The average Bonchev–Trinajstić information content (AvgIpc) is 1.22. The first-order valence-electron chi connectivity index (χ1n) is 32.7. The molecule has 0 aliphatic rings. The highest BCUT2D eigenvalue weighted by Crippen LogP contribution is 2.41. The van der Waals surface area contributed by atoms with Gasteiger partial charge in [-0.25, -0.2) is 0 Å². The third-order valence-electron chi connectivity index (χ3n) is 14.6. The summed E-state index contributed by atoms with van der Waals surface area (Å²) in [5.74, 6) is 1.78. The molecule has 0 fully saturated rings. The van der Waals surface area contributed by atoms with E-state index in [1.807, 2.05) is 12.1 Å². The Kier molecular flexibility index (Phi) is 38.4. The summed E-state index contributed by atoms with van der Waals surface area (Å²) in [4.78, 5) is 19.4. The van der Waals surface area contributed by atoms with Crippen molar-refractivity contribution >= 4 is 47.6 Å². The number of phenols is 4. The van der Waals surface area contributed by atoms with E-state index in [0.717, 1.165) is 25.7 Å². The highest BCUT2D eigenvalue weighted by Gasteiger charge is 2.13. The number of benzene rings is 5. The maximum Gasteiger partial charge on any atom is 0.128 e. The Labute approximate surface area is 535 Å². The minimum atomic E-state index is -0.0830. The van der Waals surface area contributed by atoms with Crippen LogP contribution in [0.1, 0.15) is 165 Å². The number of aliphatic imine (C=N–C) groups is 4. The van der Waals surface area contributed by atoms with E-state index in [-0.39, 0.29) is 36.2 Å². The van der Waals surface area contributed by atoms with Crippen LogP contribution in [0.5, 0.6) is 46.0 Å². The van der Waals surface area contributed by atoms with E-state index in [9.17, 15) is 20.4 Å².